The van der Waals surface area contributed by atoms with Crippen molar-refractivity contribution >= 4 is 0 Å². The molecule has 0 atom stereocenters. The smallest absolute Gasteiger partial charge is 0.345 e. The Bertz CT molecular complexity index is 617. The summed E-state index contributed by atoms with van der Waals surface area (Å²) in [5.74, 6) is 0.864. The summed E-state index contributed by atoms with van der Waals surface area (Å²) in [5, 5.41) is 0. The maximum atomic E-state index is 11.4. The molecule has 0 saturated heterocycles. The lowest BCUT2D eigenvalue weighted by Crippen LogP contribution is -2.12. The van der Waals surface area contributed by atoms with Gasteiger partial charge in [0.2, 0.25) is 0 Å². The molecule has 0 aliphatic heterocycles. The zero-order valence-corrected chi connectivity index (χ0v) is 10.8. The first-order valence-corrected chi connectivity index (χ1v) is 5.89. The first kappa shape index (κ1) is 12.4. The number of aromatic nitrogens is 2. The van der Waals surface area contributed by atoms with E-state index in [-0.39, 0.29) is 5.69 Å². The zero-order valence-electron chi connectivity index (χ0n) is 10.8. The molecule has 4 heteroatoms. The standard InChI is InChI=1S/C14H16N2O2/c1-4-10-8-11(5-6-13(10)18-3)12-7-9(2)15-14(17)16-12/h5-8H,4H2,1-3H3,(H,15,16,17). The Morgan fingerprint density at radius 3 is 2.72 bits per heavy atom. The van der Waals surface area contributed by atoms with E-state index in [2.05, 4.69) is 16.9 Å². The molecule has 0 aliphatic rings. The predicted molar refractivity (Wildman–Crippen MR) is 71.0 cm³/mol. The van der Waals surface area contributed by atoms with Crippen molar-refractivity contribution in [2.45, 2.75) is 20.3 Å². The van der Waals surface area contributed by atoms with Crippen LogP contribution in [0.2, 0.25) is 0 Å². The Kier molecular flexibility index (Phi) is 3.46. The van der Waals surface area contributed by atoms with Gasteiger partial charge < -0.3 is 9.72 Å². The Labute approximate surface area is 106 Å². The fourth-order valence-electron chi connectivity index (χ4n) is 1.94. The van der Waals surface area contributed by atoms with Crippen molar-refractivity contribution in [1.29, 1.82) is 0 Å². The fourth-order valence-corrected chi connectivity index (χ4v) is 1.94. The number of aryl methyl sites for hydroxylation is 2. The van der Waals surface area contributed by atoms with Crippen LogP contribution in [0.25, 0.3) is 11.3 Å². The molecule has 0 fully saturated rings. The molecule has 0 saturated carbocycles. The predicted octanol–water partition coefficient (Wildman–Crippen LogP) is 2.32. The van der Waals surface area contributed by atoms with Gasteiger partial charge in [0.15, 0.2) is 0 Å². The zero-order chi connectivity index (χ0) is 13.1. The van der Waals surface area contributed by atoms with Crippen molar-refractivity contribution in [1.82, 2.24) is 9.97 Å². The van der Waals surface area contributed by atoms with Gasteiger partial charge in [0.1, 0.15) is 5.75 Å². The number of ether oxygens (including phenoxy) is 1. The average Bonchev–Trinajstić information content (AvgIpc) is 2.36. The summed E-state index contributed by atoms with van der Waals surface area (Å²) in [6.45, 7) is 3.91. The lowest BCUT2D eigenvalue weighted by molar-refractivity contribution is 0.410. The van der Waals surface area contributed by atoms with E-state index in [9.17, 15) is 4.79 Å². The fraction of sp³-hybridized carbons (Fsp3) is 0.286. The summed E-state index contributed by atoms with van der Waals surface area (Å²) in [6.07, 6.45) is 0.874. The Hall–Kier alpha value is -2.10. The van der Waals surface area contributed by atoms with Crippen LogP contribution >= 0.6 is 0 Å². The van der Waals surface area contributed by atoms with Gasteiger partial charge in [0.05, 0.1) is 12.8 Å². The van der Waals surface area contributed by atoms with Gasteiger partial charge in [-0.15, -0.1) is 0 Å². The number of benzene rings is 1. The molecule has 18 heavy (non-hydrogen) atoms. The van der Waals surface area contributed by atoms with Crippen molar-refractivity contribution in [3.05, 3.63) is 46.0 Å². The molecular formula is C14H16N2O2. The van der Waals surface area contributed by atoms with Crippen molar-refractivity contribution in [2.75, 3.05) is 7.11 Å². The van der Waals surface area contributed by atoms with Crippen LogP contribution in [0.15, 0.2) is 29.1 Å². The van der Waals surface area contributed by atoms with Crippen LogP contribution in [-0.4, -0.2) is 17.1 Å². The number of H-pyrrole nitrogens is 1. The molecule has 1 N–H and O–H groups in total. The van der Waals surface area contributed by atoms with Crippen LogP contribution in [0.5, 0.6) is 5.75 Å². The number of hydrogen-bond acceptors (Lipinski definition) is 3. The minimum absolute atomic E-state index is 0.320. The van der Waals surface area contributed by atoms with Crippen LogP contribution < -0.4 is 10.4 Å². The molecule has 94 valence electrons. The van der Waals surface area contributed by atoms with Gasteiger partial charge in [-0.1, -0.05) is 6.92 Å². The van der Waals surface area contributed by atoms with E-state index in [4.69, 9.17) is 4.74 Å². The molecule has 0 bridgehead atoms. The van der Waals surface area contributed by atoms with Crippen LogP contribution in [0, 0.1) is 6.92 Å². The summed E-state index contributed by atoms with van der Waals surface area (Å²) in [7, 11) is 1.66. The third kappa shape index (κ3) is 2.42. The van der Waals surface area contributed by atoms with E-state index in [0.717, 1.165) is 29.0 Å². The van der Waals surface area contributed by atoms with E-state index >= 15 is 0 Å². The van der Waals surface area contributed by atoms with Crippen LogP contribution in [-0.2, 0) is 6.42 Å². The molecule has 4 nitrogen and oxygen atoms in total. The van der Waals surface area contributed by atoms with E-state index in [0.29, 0.717) is 5.69 Å². The number of aromatic amines is 1. The highest BCUT2D eigenvalue weighted by Crippen LogP contribution is 2.25. The van der Waals surface area contributed by atoms with Crippen LogP contribution in [0.1, 0.15) is 18.2 Å². The van der Waals surface area contributed by atoms with Crippen molar-refractivity contribution < 1.29 is 4.74 Å². The SMILES string of the molecule is CCc1cc(-c2cc(C)[nH]c(=O)n2)ccc1OC. The van der Waals surface area contributed by atoms with E-state index in [1.54, 1.807) is 7.11 Å². The Morgan fingerprint density at radius 1 is 1.33 bits per heavy atom. The molecule has 0 radical (unpaired) electrons. The summed E-state index contributed by atoms with van der Waals surface area (Å²) in [4.78, 5) is 18.0. The van der Waals surface area contributed by atoms with E-state index in [1.807, 2.05) is 31.2 Å². The molecular weight excluding hydrogens is 228 g/mol. The molecule has 0 aliphatic carbocycles. The molecule has 0 spiro atoms. The van der Waals surface area contributed by atoms with Crippen molar-refractivity contribution in [3.63, 3.8) is 0 Å². The molecule has 2 rings (SSSR count). The maximum Gasteiger partial charge on any atom is 0.345 e. The molecule has 0 amide bonds. The third-order valence-corrected chi connectivity index (χ3v) is 2.84. The van der Waals surface area contributed by atoms with Gasteiger partial charge >= 0.3 is 5.69 Å². The lowest BCUT2D eigenvalue weighted by atomic mass is 10.0. The first-order valence-electron chi connectivity index (χ1n) is 5.89. The Balaban J connectivity index is 2.54. The molecule has 1 heterocycles. The summed E-state index contributed by atoms with van der Waals surface area (Å²) in [5.41, 5.74) is 3.21. The van der Waals surface area contributed by atoms with Crippen molar-refractivity contribution in [2.24, 2.45) is 0 Å². The van der Waals surface area contributed by atoms with Gasteiger partial charge in [-0.2, -0.15) is 4.98 Å². The monoisotopic (exact) mass is 244 g/mol. The molecule has 2 aromatic rings. The number of nitrogens with one attached hydrogen (secondary N) is 1. The highest BCUT2D eigenvalue weighted by atomic mass is 16.5. The first-order chi connectivity index (χ1) is 8.63. The maximum absolute atomic E-state index is 11.4. The average molecular weight is 244 g/mol. The second kappa shape index (κ2) is 5.04. The van der Waals surface area contributed by atoms with Gasteiger partial charge in [0.25, 0.3) is 0 Å². The number of hydrogen-bond donors (Lipinski definition) is 1. The van der Waals surface area contributed by atoms with Crippen LogP contribution in [0.4, 0.5) is 0 Å². The van der Waals surface area contributed by atoms with Gasteiger partial charge in [-0.05, 0) is 43.2 Å². The second-order valence-corrected chi connectivity index (χ2v) is 4.13. The van der Waals surface area contributed by atoms with Crippen LogP contribution in [0.3, 0.4) is 0 Å². The van der Waals surface area contributed by atoms with Gasteiger partial charge in [0, 0.05) is 11.3 Å². The number of rotatable bonds is 3. The minimum Gasteiger partial charge on any atom is -0.496 e. The highest BCUT2D eigenvalue weighted by molar-refractivity contribution is 5.62. The Morgan fingerprint density at radius 2 is 2.11 bits per heavy atom. The quantitative estimate of drug-likeness (QED) is 0.901. The van der Waals surface area contributed by atoms with E-state index in [1.165, 1.54) is 0 Å². The lowest BCUT2D eigenvalue weighted by Gasteiger charge is -2.09. The number of methoxy groups -OCH3 is 1. The second-order valence-electron chi connectivity index (χ2n) is 4.13. The normalized spacial score (nSPS) is 10.4. The molecule has 1 aromatic carbocycles. The summed E-state index contributed by atoms with van der Waals surface area (Å²) >= 11 is 0. The van der Waals surface area contributed by atoms with Gasteiger partial charge in [-0.25, -0.2) is 4.79 Å². The topological polar surface area (TPSA) is 55.0 Å². The molecule has 0 unspecified atom stereocenters. The minimum atomic E-state index is -0.320. The largest absolute Gasteiger partial charge is 0.496 e. The third-order valence-electron chi connectivity index (χ3n) is 2.84. The summed E-state index contributed by atoms with van der Waals surface area (Å²) in [6, 6.07) is 7.70. The number of nitrogens with zero attached hydrogens (tertiary/aromatic N) is 1. The highest BCUT2D eigenvalue weighted by Gasteiger charge is 2.06. The van der Waals surface area contributed by atoms with Gasteiger partial charge in [-0.3, -0.25) is 0 Å². The van der Waals surface area contributed by atoms with Crippen molar-refractivity contribution in [3.8, 4) is 17.0 Å². The molecule has 1 aromatic heterocycles. The van der Waals surface area contributed by atoms with E-state index < -0.39 is 0 Å². The summed E-state index contributed by atoms with van der Waals surface area (Å²) < 4.78 is 5.29.